The molecular weight excluding hydrogens is 248 g/mol. The van der Waals surface area contributed by atoms with E-state index in [1.54, 1.807) is 0 Å². The van der Waals surface area contributed by atoms with Gasteiger partial charge in [-0.15, -0.1) is 0 Å². The molecule has 3 heteroatoms. The van der Waals surface area contributed by atoms with Gasteiger partial charge in [0.25, 0.3) is 0 Å². The van der Waals surface area contributed by atoms with E-state index in [1.165, 1.54) is 16.7 Å². The molecular formula is C17H20N2O. The fourth-order valence-electron chi connectivity index (χ4n) is 2.61. The minimum absolute atomic E-state index is 0.0858. The fourth-order valence-corrected chi connectivity index (χ4v) is 2.61. The van der Waals surface area contributed by atoms with Crippen molar-refractivity contribution in [2.45, 2.75) is 25.6 Å². The smallest absolute Gasteiger partial charge is 0.0939 e. The molecule has 0 saturated carbocycles. The van der Waals surface area contributed by atoms with Crippen molar-refractivity contribution in [3.8, 4) is 0 Å². The summed E-state index contributed by atoms with van der Waals surface area (Å²) in [6.45, 7) is 2.22. The van der Waals surface area contributed by atoms with Crippen molar-refractivity contribution in [3.05, 3.63) is 71.3 Å². The van der Waals surface area contributed by atoms with Crippen LogP contribution < -0.4 is 5.73 Å². The van der Waals surface area contributed by atoms with E-state index < -0.39 is 0 Å². The van der Waals surface area contributed by atoms with Crippen LogP contribution in [0.3, 0.4) is 0 Å². The summed E-state index contributed by atoms with van der Waals surface area (Å²) in [6, 6.07) is 18.9. The van der Waals surface area contributed by atoms with Gasteiger partial charge < -0.3 is 5.73 Å². The van der Waals surface area contributed by atoms with Crippen molar-refractivity contribution in [3.63, 3.8) is 0 Å². The van der Waals surface area contributed by atoms with Gasteiger partial charge in [-0.3, -0.25) is 4.84 Å². The van der Waals surface area contributed by atoms with Crippen LogP contribution in [0.15, 0.2) is 54.6 Å². The third-order valence-corrected chi connectivity index (χ3v) is 3.65. The average molecular weight is 268 g/mol. The molecule has 3 rings (SSSR count). The quantitative estimate of drug-likeness (QED) is 0.926. The Morgan fingerprint density at radius 1 is 1.00 bits per heavy atom. The summed E-state index contributed by atoms with van der Waals surface area (Å²) in [5, 5.41) is 1.98. The molecule has 1 aliphatic rings. The molecule has 2 aromatic carbocycles. The van der Waals surface area contributed by atoms with Crippen LogP contribution in [0.25, 0.3) is 0 Å². The van der Waals surface area contributed by atoms with Crippen LogP contribution in [-0.4, -0.2) is 17.6 Å². The van der Waals surface area contributed by atoms with Gasteiger partial charge in [0.15, 0.2) is 0 Å². The van der Waals surface area contributed by atoms with E-state index in [2.05, 4.69) is 48.5 Å². The minimum atomic E-state index is 0.0858. The summed E-state index contributed by atoms with van der Waals surface area (Å²) >= 11 is 0. The lowest BCUT2D eigenvalue weighted by Crippen LogP contribution is -2.40. The Balaban J connectivity index is 1.57. The number of hydrogen-bond donors (Lipinski definition) is 1. The molecule has 3 nitrogen and oxygen atoms in total. The predicted molar refractivity (Wildman–Crippen MR) is 79.8 cm³/mol. The fraction of sp³-hybridized carbons (Fsp3) is 0.294. The Morgan fingerprint density at radius 2 is 1.70 bits per heavy atom. The van der Waals surface area contributed by atoms with Crippen LogP contribution in [0.4, 0.5) is 0 Å². The SMILES string of the molecule is N[C@@H](Cc1ccccc1)CN1Cc2ccccc2CO1. The number of benzene rings is 2. The molecule has 0 bridgehead atoms. The summed E-state index contributed by atoms with van der Waals surface area (Å²) in [5.41, 5.74) is 10.1. The molecule has 0 saturated heterocycles. The molecule has 2 aromatic rings. The first kappa shape index (κ1) is 13.3. The van der Waals surface area contributed by atoms with E-state index >= 15 is 0 Å². The van der Waals surface area contributed by atoms with E-state index in [0.29, 0.717) is 6.61 Å². The van der Waals surface area contributed by atoms with Gasteiger partial charge >= 0.3 is 0 Å². The van der Waals surface area contributed by atoms with Crippen molar-refractivity contribution in [1.29, 1.82) is 0 Å². The topological polar surface area (TPSA) is 38.5 Å². The number of nitrogens with two attached hydrogens (primary N) is 1. The minimum Gasteiger partial charge on any atom is -0.326 e. The zero-order valence-corrected chi connectivity index (χ0v) is 11.5. The molecule has 1 heterocycles. The summed E-state index contributed by atoms with van der Waals surface area (Å²) in [7, 11) is 0. The Kier molecular flexibility index (Phi) is 4.11. The van der Waals surface area contributed by atoms with Gasteiger partial charge in [-0.05, 0) is 23.1 Å². The van der Waals surface area contributed by atoms with Gasteiger partial charge in [0.1, 0.15) is 0 Å². The van der Waals surface area contributed by atoms with E-state index in [-0.39, 0.29) is 6.04 Å². The lowest BCUT2D eigenvalue weighted by Gasteiger charge is -2.30. The van der Waals surface area contributed by atoms with Gasteiger partial charge in [-0.1, -0.05) is 54.6 Å². The molecule has 0 aromatic heterocycles. The highest BCUT2D eigenvalue weighted by atomic mass is 16.7. The summed E-state index contributed by atoms with van der Waals surface area (Å²) in [6.07, 6.45) is 0.877. The molecule has 104 valence electrons. The van der Waals surface area contributed by atoms with Crippen molar-refractivity contribution in [2.24, 2.45) is 5.73 Å². The number of hydrogen-bond acceptors (Lipinski definition) is 3. The maximum Gasteiger partial charge on any atom is 0.0939 e. The van der Waals surface area contributed by atoms with E-state index in [1.807, 2.05) is 11.1 Å². The molecule has 0 unspecified atom stereocenters. The highest BCUT2D eigenvalue weighted by molar-refractivity contribution is 5.27. The molecule has 0 fully saturated rings. The van der Waals surface area contributed by atoms with Crippen molar-refractivity contribution < 1.29 is 4.84 Å². The second-order valence-corrected chi connectivity index (χ2v) is 5.31. The molecule has 0 radical (unpaired) electrons. The van der Waals surface area contributed by atoms with Gasteiger partial charge in [-0.25, -0.2) is 0 Å². The maximum absolute atomic E-state index is 6.23. The molecule has 1 aliphatic heterocycles. The van der Waals surface area contributed by atoms with Crippen molar-refractivity contribution in [1.82, 2.24) is 5.06 Å². The Hall–Kier alpha value is -1.68. The van der Waals surface area contributed by atoms with Crippen LogP contribution in [0, 0.1) is 0 Å². The Morgan fingerprint density at radius 3 is 2.50 bits per heavy atom. The second kappa shape index (κ2) is 6.18. The monoisotopic (exact) mass is 268 g/mol. The van der Waals surface area contributed by atoms with Crippen LogP contribution in [0.1, 0.15) is 16.7 Å². The van der Waals surface area contributed by atoms with Gasteiger partial charge in [0.2, 0.25) is 0 Å². The van der Waals surface area contributed by atoms with Crippen LogP contribution in [0.5, 0.6) is 0 Å². The lowest BCUT2D eigenvalue weighted by molar-refractivity contribution is -0.189. The number of rotatable bonds is 4. The first-order valence-corrected chi connectivity index (χ1v) is 7.05. The van der Waals surface area contributed by atoms with Gasteiger partial charge in [-0.2, -0.15) is 5.06 Å². The third-order valence-electron chi connectivity index (χ3n) is 3.65. The first-order valence-electron chi connectivity index (χ1n) is 7.05. The third kappa shape index (κ3) is 3.25. The van der Waals surface area contributed by atoms with Gasteiger partial charge in [0.05, 0.1) is 6.61 Å². The largest absolute Gasteiger partial charge is 0.326 e. The lowest BCUT2D eigenvalue weighted by atomic mass is 10.1. The maximum atomic E-state index is 6.23. The van der Waals surface area contributed by atoms with E-state index in [0.717, 1.165) is 19.5 Å². The van der Waals surface area contributed by atoms with Crippen LogP contribution in [-0.2, 0) is 24.4 Å². The zero-order valence-electron chi connectivity index (χ0n) is 11.5. The standard InChI is InChI=1S/C17H20N2O/c18-17(10-14-6-2-1-3-7-14)12-19-11-15-8-4-5-9-16(15)13-20-19/h1-9,17H,10-13,18H2/t17-/m0/s1. The summed E-state index contributed by atoms with van der Waals surface area (Å²) < 4.78 is 0. The molecule has 2 N–H and O–H groups in total. The highest BCUT2D eigenvalue weighted by Crippen LogP contribution is 2.19. The predicted octanol–water partition coefficient (Wildman–Crippen LogP) is 2.50. The van der Waals surface area contributed by atoms with Crippen molar-refractivity contribution >= 4 is 0 Å². The second-order valence-electron chi connectivity index (χ2n) is 5.31. The number of hydroxylamine groups is 2. The van der Waals surface area contributed by atoms with Crippen molar-refractivity contribution in [2.75, 3.05) is 6.54 Å². The van der Waals surface area contributed by atoms with Gasteiger partial charge in [0, 0.05) is 19.1 Å². The molecule has 0 amide bonds. The Labute approximate surface area is 119 Å². The highest BCUT2D eigenvalue weighted by Gasteiger charge is 2.18. The average Bonchev–Trinajstić information content (AvgIpc) is 2.48. The number of nitrogens with zero attached hydrogens (tertiary/aromatic N) is 1. The van der Waals surface area contributed by atoms with E-state index in [4.69, 9.17) is 10.6 Å². The Bertz CT molecular complexity index is 556. The van der Waals surface area contributed by atoms with E-state index in [9.17, 15) is 0 Å². The molecule has 0 spiro atoms. The number of fused-ring (bicyclic) bond motifs is 1. The molecule has 1 atom stereocenters. The summed E-state index contributed by atoms with van der Waals surface area (Å²) in [5.74, 6) is 0. The zero-order chi connectivity index (χ0) is 13.8. The van der Waals surface area contributed by atoms with Crippen LogP contribution in [0.2, 0.25) is 0 Å². The normalized spacial score (nSPS) is 16.6. The molecule has 20 heavy (non-hydrogen) atoms. The van der Waals surface area contributed by atoms with Crippen LogP contribution >= 0.6 is 0 Å². The summed E-state index contributed by atoms with van der Waals surface area (Å²) in [4.78, 5) is 5.77. The first-order chi connectivity index (χ1) is 9.81. The molecule has 0 aliphatic carbocycles.